The van der Waals surface area contributed by atoms with E-state index in [9.17, 15) is 4.79 Å². The quantitative estimate of drug-likeness (QED) is 0.314. The summed E-state index contributed by atoms with van der Waals surface area (Å²) < 4.78 is 22.7. The van der Waals surface area contributed by atoms with Gasteiger partial charge in [0.2, 0.25) is 12.5 Å². The van der Waals surface area contributed by atoms with E-state index < -0.39 is 5.82 Å². The Morgan fingerprint density at radius 2 is 2.14 bits per heavy atom. The second-order valence-electron chi connectivity index (χ2n) is 12.0. The summed E-state index contributed by atoms with van der Waals surface area (Å²) in [6.45, 7) is 13.9. The minimum Gasteiger partial charge on any atom is -0.462 e. The third-order valence-electron chi connectivity index (χ3n) is 9.52. The molecule has 2 saturated heterocycles. The molecule has 7 rings (SSSR count). The van der Waals surface area contributed by atoms with E-state index in [0.29, 0.717) is 55.0 Å². The van der Waals surface area contributed by atoms with Gasteiger partial charge in [0.15, 0.2) is 5.82 Å². The number of likely N-dealkylation sites (N-methyl/N-ethyl adjacent to an activating group) is 1. The van der Waals surface area contributed by atoms with Crippen LogP contribution in [0.3, 0.4) is 0 Å². The van der Waals surface area contributed by atoms with Crippen molar-refractivity contribution in [2.75, 3.05) is 51.3 Å². The number of halogens is 1. The molecule has 0 spiro atoms. The third-order valence-corrected chi connectivity index (χ3v) is 9.52. The molecule has 2 aliphatic carbocycles. The smallest absolute Gasteiger partial charge is 0.319 e. The second kappa shape index (κ2) is 10.6. The lowest BCUT2D eigenvalue weighted by molar-refractivity contribution is -0.128. The average molecular weight is 568 g/mol. The van der Waals surface area contributed by atoms with E-state index in [2.05, 4.69) is 39.4 Å². The highest BCUT2D eigenvalue weighted by molar-refractivity contribution is 5.93. The fraction of sp³-hybridized carbons (Fsp3) is 0.469. The van der Waals surface area contributed by atoms with Crippen molar-refractivity contribution in [1.29, 1.82) is 0 Å². The van der Waals surface area contributed by atoms with Gasteiger partial charge >= 0.3 is 6.01 Å². The highest BCUT2D eigenvalue weighted by atomic mass is 19.1. The molecule has 42 heavy (non-hydrogen) atoms. The van der Waals surface area contributed by atoms with E-state index in [1.54, 1.807) is 11.1 Å². The molecule has 4 aliphatic rings. The van der Waals surface area contributed by atoms with E-state index in [4.69, 9.17) is 16.3 Å². The molecule has 4 atom stereocenters. The van der Waals surface area contributed by atoms with Crippen LogP contribution < -0.4 is 9.64 Å². The number of hydrogen-bond donors (Lipinski definition) is 0. The molecular formula is C32H34FN7O2. The number of piperazine rings is 1. The summed E-state index contributed by atoms with van der Waals surface area (Å²) in [5, 5.41) is 0.488. The van der Waals surface area contributed by atoms with Crippen molar-refractivity contribution in [2.24, 2.45) is 5.92 Å². The van der Waals surface area contributed by atoms with Gasteiger partial charge in [-0.3, -0.25) is 9.78 Å². The number of anilines is 1. The Kier molecular flexibility index (Phi) is 6.77. The number of fused-ring (bicyclic) bond motifs is 4. The minimum absolute atomic E-state index is 0.125. The zero-order chi connectivity index (χ0) is 29.0. The predicted molar refractivity (Wildman–Crippen MR) is 158 cm³/mol. The summed E-state index contributed by atoms with van der Waals surface area (Å²) in [6.07, 6.45) is 7.26. The molecule has 0 unspecified atom stereocenters. The van der Waals surface area contributed by atoms with Gasteiger partial charge in [-0.15, -0.1) is 0 Å². The summed E-state index contributed by atoms with van der Waals surface area (Å²) in [5.74, 6) is 1.09. The van der Waals surface area contributed by atoms with Crippen LogP contribution in [-0.2, 0) is 11.2 Å². The summed E-state index contributed by atoms with van der Waals surface area (Å²) in [5.41, 5.74) is 3.84. The molecule has 2 aliphatic heterocycles. The van der Waals surface area contributed by atoms with Crippen molar-refractivity contribution >= 4 is 22.6 Å². The Labute approximate surface area is 244 Å². The second-order valence-corrected chi connectivity index (χ2v) is 12.0. The van der Waals surface area contributed by atoms with Crippen LogP contribution >= 0.6 is 0 Å². The average Bonchev–Trinajstić information content (AvgIpc) is 3.50. The van der Waals surface area contributed by atoms with Gasteiger partial charge in [-0.2, -0.15) is 9.97 Å². The van der Waals surface area contributed by atoms with Gasteiger partial charge in [0.25, 0.3) is 0 Å². The van der Waals surface area contributed by atoms with Crippen LogP contribution in [0.25, 0.3) is 27.0 Å². The van der Waals surface area contributed by atoms with Gasteiger partial charge in [-0.05, 0) is 68.3 Å². The van der Waals surface area contributed by atoms with E-state index in [-0.39, 0.29) is 36.1 Å². The number of benzene rings is 1. The van der Waals surface area contributed by atoms with Crippen molar-refractivity contribution in [2.45, 2.75) is 43.7 Å². The Bertz CT molecular complexity index is 1620. The molecule has 1 amide bonds. The maximum atomic E-state index is 16.5. The topological polar surface area (TPSA) is 79.1 Å². The molecule has 0 radical (unpaired) electrons. The van der Waals surface area contributed by atoms with E-state index in [1.165, 1.54) is 23.6 Å². The number of hydrogen-bond acceptors (Lipinski definition) is 7. The van der Waals surface area contributed by atoms with E-state index in [0.717, 1.165) is 31.4 Å². The normalized spacial score (nSPS) is 24.8. The van der Waals surface area contributed by atoms with Crippen LogP contribution in [0, 0.1) is 18.3 Å². The molecule has 3 fully saturated rings. The van der Waals surface area contributed by atoms with Crippen LogP contribution in [0.4, 0.5) is 10.2 Å². The minimum atomic E-state index is -0.480. The van der Waals surface area contributed by atoms with Crippen LogP contribution in [0.15, 0.2) is 37.1 Å². The van der Waals surface area contributed by atoms with Crippen LogP contribution in [0.5, 0.6) is 6.01 Å². The van der Waals surface area contributed by atoms with Crippen molar-refractivity contribution in [3.05, 3.63) is 65.4 Å². The maximum Gasteiger partial charge on any atom is 0.319 e. The van der Waals surface area contributed by atoms with Gasteiger partial charge < -0.3 is 24.3 Å². The molecule has 1 saturated carbocycles. The summed E-state index contributed by atoms with van der Waals surface area (Å²) in [6, 6.07) is 6.15. The van der Waals surface area contributed by atoms with Gasteiger partial charge in [-0.25, -0.2) is 11.0 Å². The fourth-order valence-electron chi connectivity index (χ4n) is 7.11. The molecule has 10 heteroatoms. The monoisotopic (exact) mass is 567 g/mol. The van der Waals surface area contributed by atoms with Crippen molar-refractivity contribution in [3.63, 3.8) is 0 Å². The molecule has 0 bridgehead atoms. The molecule has 9 nitrogen and oxygen atoms in total. The van der Waals surface area contributed by atoms with Crippen molar-refractivity contribution in [3.8, 4) is 17.3 Å². The lowest BCUT2D eigenvalue weighted by Crippen LogP contribution is -2.56. The summed E-state index contributed by atoms with van der Waals surface area (Å²) in [4.78, 5) is 36.0. The Hall–Kier alpha value is -4.10. The largest absolute Gasteiger partial charge is 0.462 e. The first-order valence-corrected chi connectivity index (χ1v) is 14.8. The molecule has 3 aromatic rings. The Morgan fingerprint density at radius 3 is 2.93 bits per heavy atom. The fourth-order valence-corrected chi connectivity index (χ4v) is 7.11. The third kappa shape index (κ3) is 4.56. The maximum absolute atomic E-state index is 16.5. The number of rotatable bonds is 7. The van der Waals surface area contributed by atoms with E-state index in [1.807, 2.05) is 17.0 Å². The number of aromatic nitrogens is 3. The molecule has 1 aromatic carbocycles. The highest BCUT2D eigenvalue weighted by Crippen LogP contribution is 2.57. The SMILES string of the molecule is [C-]#[N+]C[C@H]1CN(c2nc(OC[C@@H]3CCCN3C)nc3c(F)c(-c4cccc5c4C[C@@H]4C[C@H]54)ncc23)CCN1C(=O)C=C. The number of carbonyl (C=O) groups is 1. The van der Waals surface area contributed by atoms with Gasteiger partial charge in [0.05, 0.1) is 5.39 Å². The van der Waals surface area contributed by atoms with Crippen molar-refractivity contribution < 1.29 is 13.9 Å². The lowest BCUT2D eigenvalue weighted by Gasteiger charge is -2.39. The number of nitrogens with zero attached hydrogens (tertiary/aromatic N) is 7. The molecule has 0 N–H and O–H groups in total. The van der Waals surface area contributed by atoms with E-state index >= 15 is 4.39 Å². The Balaban J connectivity index is 1.29. The molecule has 4 heterocycles. The summed E-state index contributed by atoms with van der Waals surface area (Å²) >= 11 is 0. The molecular weight excluding hydrogens is 533 g/mol. The Morgan fingerprint density at radius 1 is 1.26 bits per heavy atom. The number of ether oxygens (including phenoxy) is 1. The van der Waals surface area contributed by atoms with Crippen LogP contribution in [0.1, 0.15) is 36.3 Å². The number of pyridine rings is 1. The first-order chi connectivity index (χ1) is 20.5. The number of amides is 1. The van der Waals surface area contributed by atoms with Gasteiger partial charge in [0.1, 0.15) is 29.7 Å². The highest BCUT2D eigenvalue weighted by Gasteiger charge is 2.46. The number of carbonyl (C=O) groups excluding carboxylic acids is 1. The summed E-state index contributed by atoms with van der Waals surface area (Å²) in [7, 11) is 2.08. The zero-order valence-electron chi connectivity index (χ0n) is 23.8. The standard InChI is InChI=1S/C32H34FN7O2/c1-4-27(41)40-12-11-39(17-21(40)15-34-2)31-26-16-35-29(23-9-5-8-22-24-13-19(24)14-25(22)23)28(33)30(26)36-32(37-31)42-18-20-7-6-10-38(20)3/h4-5,8-9,16,19-21,24H,1,6-7,10-15,17-18H2,3H3/t19-,20-,21-,24-/m0/s1. The van der Waals surface area contributed by atoms with Crippen molar-refractivity contribution in [1.82, 2.24) is 24.8 Å². The zero-order valence-corrected chi connectivity index (χ0v) is 23.8. The molecule has 216 valence electrons. The predicted octanol–water partition coefficient (Wildman–Crippen LogP) is 4.09. The lowest BCUT2D eigenvalue weighted by atomic mass is 9.96. The van der Waals surface area contributed by atoms with Gasteiger partial charge in [-0.1, -0.05) is 24.8 Å². The van der Waals surface area contributed by atoms with Gasteiger partial charge in [0, 0.05) is 37.4 Å². The van der Waals surface area contributed by atoms with Crippen LogP contribution in [-0.4, -0.2) is 89.1 Å². The molecule has 2 aromatic heterocycles. The van der Waals surface area contributed by atoms with Crippen LogP contribution in [0.2, 0.25) is 0 Å². The number of likely N-dealkylation sites (tertiary alicyclic amines) is 1. The first kappa shape index (κ1) is 26.8. The first-order valence-electron chi connectivity index (χ1n) is 14.8.